The van der Waals surface area contributed by atoms with Crippen molar-refractivity contribution in [3.63, 3.8) is 0 Å². The summed E-state index contributed by atoms with van der Waals surface area (Å²) < 4.78 is 5.73. The van der Waals surface area contributed by atoms with Crippen molar-refractivity contribution in [1.82, 2.24) is 4.98 Å². The summed E-state index contributed by atoms with van der Waals surface area (Å²) in [6, 6.07) is 3.76. The van der Waals surface area contributed by atoms with Crippen LogP contribution in [0.3, 0.4) is 0 Å². The Hall–Kier alpha value is -1.42. The number of hydrogen-bond acceptors (Lipinski definition) is 4. The third-order valence-corrected chi connectivity index (χ3v) is 3.55. The Morgan fingerprint density at radius 3 is 2.89 bits per heavy atom. The first-order chi connectivity index (χ1) is 9.20. The van der Waals surface area contributed by atoms with E-state index in [1.165, 1.54) is 12.8 Å². The molecule has 1 fully saturated rings. The molecule has 0 aromatic carbocycles. The molecule has 2 heterocycles. The molecule has 0 spiro atoms. The van der Waals surface area contributed by atoms with Crippen LogP contribution in [0.1, 0.15) is 43.1 Å². The molecule has 0 saturated carbocycles. The van der Waals surface area contributed by atoms with Gasteiger partial charge in [0.05, 0.1) is 18.0 Å². The van der Waals surface area contributed by atoms with Crippen LogP contribution >= 0.6 is 0 Å². The van der Waals surface area contributed by atoms with Crippen molar-refractivity contribution in [3.8, 4) is 0 Å². The number of ketones is 1. The second-order valence-corrected chi connectivity index (χ2v) is 5.05. The fourth-order valence-corrected chi connectivity index (χ4v) is 2.32. The summed E-state index contributed by atoms with van der Waals surface area (Å²) in [5, 5.41) is 0. The minimum atomic E-state index is 0.0878. The van der Waals surface area contributed by atoms with Gasteiger partial charge in [-0.25, -0.2) is 0 Å². The standard InChI is InChI=1S/C15H22N2O2/c1-3-15(18)14-8-7-12(10-16-14)17(2)11-13-6-4-5-9-19-13/h7-8,10,13H,3-6,9,11H2,1-2H3. The number of pyridine rings is 1. The molecule has 1 saturated heterocycles. The smallest absolute Gasteiger partial charge is 0.180 e. The molecular formula is C15H22N2O2. The third kappa shape index (κ3) is 3.77. The molecule has 104 valence electrons. The molecule has 0 N–H and O–H groups in total. The fraction of sp³-hybridized carbons (Fsp3) is 0.600. The minimum absolute atomic E-state index is 0.0878. The minimum Gasteiger partial charge on any atom is -0.376 e. The van der Waals surface area contributed by atoms with Crippen molar-refractivity contribution in [2.75, 3.05) is 25.1 Å². The number of Topliss-reactive ketones (excluding diaryl/α,β-unsaturated/α-hetero) is 1. The van der Waals surface area contributed by atoms with E-state index < -0.39 is 0 Å². The molecule has 1 aromatic heterocycles. The zero-order chi connectivity index (χ0) is 13.7. The lowest BCUT2D eigenvalue weighted by Crippen LogP contribution is -2.33. The van der Waals surface area contributed by atoms with Crippen molar-refractivity contribution in [2.45, 2.75) is 38.7 Å². The van der Waals surface area contributed by atoms with Crippen molar-refractivity contribution >= 4 is 11.5 Å². The Bertz CT molecular complexity index is 411. The van der Waals surface area contributed by atoms with Gasteiger partial charge in [0.2, 0.25) is 0 Å². The Morgan fingerprint density at radius 2 is 2.32 bits per heavy atom. The predicted molar refractivity (Wildman–Crippen MR) is 75.7 cm³/mol. The van der Waals surface area contributed by atoms with Gasteiger partial charge >= 0.3 is 0 Å². The number of ether oxygens (including phenoxy) is 1. The van der Waals surface area contributed by atoms with Gasteiger partial charge < -0.3 is 9.64 Å². The van der Waals surface area contributed by atoms with Gasteiger partial charge in [0.15, 0.2) is 5.78 Å². The molecule has 4 nitrogen and oxygen atoms in total. The molecule has 0 aliphatic carbocycles. The molecule has 1 aliphatic heterocycles. The van der Waals surface area contributed by atoms with Crippen LogP contribution in [-0.2, 0) is 4.74 Å². The maximum Gasteiger partial charge on any atom is 0.180 e. The average Bonchev–Trinajstić information content (AvgIpc) is 2.47. The molecule has 0 bridgehead atoms. The highest BCUT2D eigenvalue weighted by molar-refractivity contribution is 5.94. The highest BCUT2D eigenvalue weighted by Crippen LogP contribution is 2.17. The van der Waals surface area contributed by atoms with E-state index in [4.69, 9.17) is 4.74 Å². The van der Waals surface area contributed by atoms with Crippen molar-refractivity contribution in [3.05, 3.63) is 24.0 Å². The lowest BCUT2D eigenvalue weighted by molar-refractivity contribution is 0.0216. The zero-order valence-corrected chi connectivity index (χ0v) is 11.8. The summed E-state index contributed by atoms with van der Waals surface area (Å²) in [5.74, 6) is 0.0878. The predicted octanol–water partition coefficient (Wildman–Crippen LogP) is 2.68. The van der Waals surface area contributed by atoms with Gasteiger partial charge in [-0.2, -0.15) is 0 Å². The number of carbonyl (C=O) groups is 1. The molecule has 1 aromatic rings. The molecule has 1 unspecified atom stereocenters. The third-order valence-electron chi connectivity index (χ3n) is 3.55. The monoisotopic (exact) mass is 262 g/mol. The maximum atomic E-state index is 11.5. The van der Waals surface area contributed by atoms with Crippen LogP contribution in [0.4, 0.5) is 5.69 Å². The van der Waals surface area contributed by atoms with Crippen LogP contribution in [0.15, 0.2) is 18.3 Å². The van der Waals surface area contributed by atoms with Crippen LogP contribution in [0, 0.1) is 0 Å². The lowest BCUT2D eigenvalue weighted by atomic mass is 10.1. The molecular weight excluding hydrogens is 240 g/mol. The number of rotatable bonds is 5. The first-order valence-corrected chi connectivity index (χ1v) is 7.02. The van der Waals surface area contributed by atoms with Crippen LogP contribution < -0.4 is 4.90 Å². The summed E-state index contributed by atoms with van der Waals surface area (Å²) in [7, 11) is 2.04. The maximum absolute atomic E-state index is 11.5. The van der Waals surface area contributed by atoms with Crippen molar-refractivity contribution in [1.29, 1.82) is 0 Å². The molecule has 2 rings (SSSR count). The Balaban J connectivity index is 1.94. The summed E-state index contributed by atoms with van der Waals surface area (Å²) in [4.78, 5) is 17.9. The zero-order valence-electron chi connectivity index (χ0n) is 11.8. The number of aromatic nitrogens is 1. The highest BCUT2D eigenvalue weighted by atomic mass is 16.5. The van der Waals surface area contributed by atoms with Gasteiger partial charge in [-0.05, 0) is 31.4 Å². The van der Waals surface area contributed by atoms with E-state index in [0.29, 0.717) is 18.2 Å². The first kappa shape index (κ1) is 14.0. The van der Waals surface area contributed by atoms with Gasteiger partial charge in [0.25, 0.3) is 0 Å². The van der Waals surface area contributed by atoms with E-state index in [2.05, 4.69) is 9.88 Å². The summed E-state index contributed by atoms with van der Waals surface area (Å²) >= 11 is 0. The average molecular weight is 262 g/mol. The lowest BCUT2D eigenvalue weighted by Gasteiger charge is -2.28. The topological polar surface area (TPSA) is 42.4 Å². The van der Waals surface area contributed by atoms with E-state index in [9.17, 15) is 4.79 Å². The van der Waals surface area contributed by atoms with Gasteiger partial charge in [0, 0.05) is 26.6 Å². The molecule has 1 aliphatic rings. The molecule has 0 amide bonds. The van der Waals surface area contributed by atoms with E-state index in [-0.39, 0.29) is 5.78 Å². The Morgan fingerprint density at radius 1 is 1.47 bits per heavy atom. The molecule has 4 heteroatoms. The normalized spacial score (nSPS) is 19.2. The summed E-state index contributed by atoms with van der Waals surface area (Å²) in [5.41, 5.74) is 1.58. The number of hydrogen-bond donors (Lipinski definition) is 0. The quantitative estimate of drug-likeness (QED) is 0.765. The number of likely N-dealkylation sites (N-methyl/N-ethyl adjacent to an activating group) is 1. The number of carbonyl (C=O) groups excluding carboxylic acids is 1. The largest absolute Gasteiger partial charge is 0.376 e. The molecule has 1 atom stereocenters. The number of nitrogens with zero attached hydrogens (tertiary/aromatic N) is 2. The van der Waals surface area contributed by atoms with Crippen LogP contribution in [0.2, 0.25) is 0 Å². The summed E-state index contributed by atoms with van der Waals surface area (Å²) in [6.45, 7) is 3.61. The van der Waals surface area contributed by atoms with Crippen LogP contribution in [-0.4, -0.2) is 37.1 Å². The second kappa shape index (κ2) is 6.66. The van der Waals surface area contributed by atoms with Gasteiger partial charge in [-0.15, -0.1) is 0 Å². The van der Waals surface area contributed by atoms with Crippen molar-refractivity contribution < 1.29 is 9.53 Å². The van der Waals surface area contributed by atoms with Gasteiger partial charge in [-0.3, -0.25) is 9.78 Å². The van der Waals surface area contributed by atoms with Crippen molar-refractivity contribution in [2.24, 2.45) is 0 Å². The van der Waals surface area contributed by atoms with E-state index in [1.54, 1.807) is 12.3 Å². The van der Waals surface area contributed by atoms with Gasteiger partial charge in [0.1, 0.15) is 5.69 Å². The van der Waals surface area contributed by atoms with E-state index in [1.807, 2.05) is 20.0 Å². The fourth-order valence-electron chi connectivity index (χ4n) is 2.32. The van der Waals surface area contributed by atoms with Crippen LogP contribution in [0.25, 0.3) is 0 Å². The van der Waals surface area contributed by atoms with E-state index >= 15 is 0 Å². The van der Waals surface area contributed by atoms with E-state index in [0.717, 1.165) is 25.3 Å². The molecule has 0 radical (unpaired) electrons. The molecule has 19 heavy (non-hydrogen) atoms. The SMILES string of the molecule is CCC(=O)c1ccc(N(C)CC2CCCCO2)cn1. The Labute approximate surface area is 114 Å². The number of anilines is 1. The second-order valence-electron chi connectivity index (χ2n) is 5.05. The Kier molecular flexibility index (Phi) is 4.91. The summed E-state index contributed by atoms with van der Waals surface area (Å²) in [6.07, 6.45) is 6.14. The highest BCUT2D eigenvalue weighted by Gasteiger charge is 2.16. The first-order valence-electron chi connectivity index (χ1n) is 7.02. The van der Waals surface area contributed by atoms with Crippen LogP contribution in [0.5, 0.6) is 0 Å². The van der Waals surface area contributed by atoms with Gasteiger partial charge in [-0.1, -0.05) is 6.92 Å².